The molecular weight excluding hydrogens is 362 g/mol. The van der Waals surface area contributed by atoms with E-state index in [9.17, 15) is 4.79 Å². The predicted octanol–water partition coefficient (Wildman–Crippen LogP) is 3.74. The van der Waals surface area contributed by atoms with Gasteiger partial charge in [0.15, 0.2) is 0 Å². The van der Waals surface area contributed by atoms with E-state index in [1.54, 1.807) is 6.20 Å². The first-order valence-corrected chi connectivity index (χ1v) is 8.36. The summed E-state index contributed by atoms with van der Waals surface area (Å²) in [6.45, 7) is 1.35. The number of nitrogens with one attached hydrogen (secondary N) is 1. The highest BCUT2D eigenvalue weighted by Crippen LogP contribution is 2.30. The predicted molar refractivity (Wildman–Crippen MR) is 85.6 cm³/mol. The van der Waals surface area contributed by atoms with E-state index in [0.29, 0.717) is 22.6 Å². The van der Waals surface area contributed by atoms with E-state index in [2.05, 4.69) is 26.3 Å². The molecule has 0 bridgehead atoms. The summed E-state index contributed by atoms with van der Waals surface area (Å²) in [7, 11) is 0. The van der Waals surface area contributed by atoms with Crippen molar-refractivity contribution in [3.63, 3.8) is 0 Å². The molecule has 0 unspecified atom stereocenters. The topological polar surface area (TPSA) is 46.9 Å². The maximum Gasteiger partial charge on any atom is 0.283 e. The highest BCUT2D eigenvalue weighted by molar-refractivity contribution is 9.10. The lowest BCUT2D eigenvalue weighted by atomic mass is 10.4. The van der Waals surface area contributed by atoms with Crippen molar-refractivity contribution in [2.24, 2.45) is 5.92 Å². The molecule has 0 saturated heterocycles. The van der Waals surface area contributed by atoms with Gasteiger partial charge < -0.3 is 5.32 Å². The number of anilines is 1. The van der Waals surface area contributed by atoms with Crippen LogP contribution in [0, 0.1) is 5.92 Å². The molecular formula is C13H13BrClN3OS. The molecule has 1 aliphatic rings. The average molecular weight is 375 g/mol. The van der Waals surface area contributed by atoms with Crippen LogP contribution in [-0.2, 0) is 13.1 Å². The number of hydrogen-bond donors (Lipinski definition) is 1. The summed E-state index contributed by atoms with van der Waals surface area (Å²) < 4.78 is 2.84. The Morgan fingerprint density at radius 3 is 2.95 bits per heavy atom. The minimum absolute atomic E-state index is 0.0777. The fraction of sp³-hybridized carbons (Fsp3) is 0.385. The van der Waals surface area contributed by atoms with Gasteiger partial charge in [-0.2, -0.15) is 5.10 Å². The van der Waals surface area contributed by atoms with Crippen molar-refractivity contribution in [2.75, 3.05) is 5.32 Å². The van der Waals surface area contributed by atoms with Crippen molar-refractivity contribution < 1.29 is 0 Å². The summed E-state index contributed by atoms with van der Waals surface area (Å²) in [5.41, 5.74) is 0.637. The normalized spacial score (nSPS) is 14.5. The first-order chi connectivity index (χ1) is 9.63. The van der Waals surface area contributed by atoms with Crippen molar-refractivity contribution in [3.05, 3.63) is 42.4 Å². The molecule has 1 saturated carbocycles. The van der Waals surface area contributed by atoms with Crippen molar-refractivity contribution in [1.82, 2.24) is 9.78 Å². The van der Waals surface area contributed by atoms with E-state index < -0.39 is 0 Å². The van der Waals surface area contributed by atoms with E-state index in [0.717, 1.165) is 15.8 Å². The fourth-order valence-electron chi connectivity index (χ4n) is 1.89. The number of thiophene rings is 1. The van der Waals surface area contributed by atoms with Crippen molar-refractivity contribution in [3.8, 4) is 0 Å². The average Bonchev–Trinajstić information content (AvgIpc) is 3.15. The Kier molecular flexibility index (Phi) is 4.14. The van der Waals surface area contributed by atoms with E-state index in [1.165, 1.54) is 28.9 Å². The molecule has 2 heterocycles. The van der Waals surface area contributed by atoms with Gasteiger partial charge in [-0.3, -0.25) is 4.79 Å². The van der Waals surface area contributed by atoms with Crippen molar-refractivity contribution >= 4 is 44.6 Å². The number of nitrogens with zero attached hydrogens (tertiary/aromatic N) is 2. The molecule has 1 N–H and O–H groups in total. The molecule has 0 spiro atoms. The Bertz CT molecular complexity index is 680. The van der Waals surface area contributed by atoms with Gasteiger partial charge in [-0.25, -0.2) is 4.68 Å². The molecule has 1 fully saturated rings. The third-order valence-corrected chi connectivity index (χ3v) is 5.19. The number of rotatable bonds is 5. The van der Waals surface area contributed by atoms with E-state index in [-0.39, 0.29) is 5.56 Å². The van der Waals surface area contributed by atoms with Crippen LogP contribution in [-0.4, -0.2) is 9.78 Å². The van der Waals surface area contributed by atoms with Crippen LogP contribution < -0.4 is 10.9 Å². The first-order valence-electron chi connectivity index (χ1n) is 6.37. The molecule has 0 amide bonds. The van der Waals surface area contributed by atoms with Crippen LogP contribution in [0.1, 0.15) is 17.7 Å². The summed E-state index contributed by atoms with van der Waals surface area (Å²) in [6, 6.07) is 3.83. The van der Waals surface area contributed by atoms with Crippen LogP contribution in [0.15, 0.2) is 27.6 Å². The van der Waals surface area contributed by atoms with E-state index in [4.69, 9.17) is 11.6 Å². The summed E-state index contributed by atoms with van der Waals surface area (Å²) >= 11 is 10.8. The first kappa shape index (κ1) is 14.1. The second-order valence-corrected chi connectivity index (χ2v) is 7.45. The summed E-state index contributed by atoms with van der Waals surface area (Å²) in [5, 5.41) is 7.43. The Balaban J connectivity index is 1.73. The lowest BCUT2D eigenvalue weighted by Gasteiger charge is -2.09. The monoisotopic (exact) mass is 373 g/mol. The minimum atomic E-state index is -0.0777. The van der Waals surface area contributed by atoms with Crippen LogP contribution in [0.4, 0.5) is 5.69 Å². The van der Waals surface area contributed by atoms with E-state index >= 15 is 0 Å². The second kappa shape index (κ2) is 5.87. The van der Waals surface area contributed by atoms with Gasteiger partial charge in [0.2, 0.25) is 0 Å². The van der Waals surface area contributed by atoms with Crippen molar-refractivity contribution in [1.29, 1.82) is 0 Å². The molecule has 7 heteroatoms. The Labute approximate surface area is 133 Å². The van der Waals surface area contributed by atoms with Crippen LogP contribution in [0.5, 0.6) is 0 Å². The lowest BCUT2D eigenvalue weighted by Crippen LogP contribution is -2.25. The van der Waals surface area contributed by atoms with Crippen LogP contribution in [0.2, 0.25) is 4.34 Å². The molecule has 1 aliphatic carbocycles. The molecule has 0 radical (unpaired) electrons. The minimum Gasteiger partial charge on any atom is -0.378 e. The van der Waals surface area contributed by atoms with Crippen molar-refractivity contribution in [2.45, 2.75) is 25.9 Å². The van der Waals surface area contributed by atoms with Gasteiger partial charge in [-0.1, -0.05) is 11.6 Å². The Morgan fingerprint density at radius 1 is 1.50 bits per heavy atom. The quantitative estimate of drug-likeness (QED) is 0.867. The molecule has 0 aromatic carbocycles. The number of aromatic nitrogens is 2. The zero-order chi connectivity index (χ0) is 14.1. The standard InChI is InChI=1S/C13H13BrClN3OS/c14-12-10(16-5-9-3-4-11(15)20-9)6-17-18(13(12)19)7-8-1-2-8/h3-4,6,8,16H,1-2,5,7H2. The van der Waals surface area contributed by atoms with Crippen LogP contribution in [0.25, 0.3) is 0 Å². The zero-order valence-electron chi connectivity index (χ0n) is 10.6. The maximum atomic E-state index is 12.2. The van der Waals surface area contributed by atoms with Gasteiger partial charge in [-0.15, -0.1) is 11.3 Å². The molecule has 2 aromatic heterocycles. The van der Waals surface area contributed by atoms with Gasteiger partial charge in [-0.05, 0) is 46.8 Å². The smallest absolute Gasteiger partial charge is 0.283 e. The molecule has 0 atom stereocenters. The Hall–Kier alpha value is -0.850. The number of halogens is 2. The Morgan fingerprint density at radius 2 is 2.30 bits per heavy atom. The summed E-state index contributed by atoms with van der Waals surface area (Å²) in [4.78, 5) is 13.3. The largest absolute Gasteiger partial charge is 0.378 e. The summed E-state index contributed by atoms with van der Waals surface area (Å²) in [6.07, 6.45) is 4.10. The third-order valence-electron chi connectivity index (χ3n) is 3.19. The second-order valence-electron chi connectivity index (χ2n) is 4.86. The third kappa shape index (κ3) is 3.24. The maximum absolute atomic E-state index is 12.2. The number of hydrogen-bond acceptors (Lipinski definition) is 4. The molecule has 3 rings (SSSR count). The van der Waals surface area contributed by atoms with Gasteiger partial charge >= 0.3 is 0 Å². The van der Waals surface area contributed by atoms with Gasteiger partial charge in [0.05, 0.1) is 16.2 Å². The van der Waals surface area contributed by atoms with Gasteiger partial charge in [0.1, 0.15) is 4.47 Å². The van der Waals surface area contributed by atoms with Gasteiger partial charge in [0.25, 0.3) is 5.56 Å². The van der Waals surface area contributed by atoms with Crippen LogP contribution >= 0.6 is 38.9 Å². The van der Waals surface area contributed by atoms with E-state index in [1.807, 2.05) is 12.1 Å². The van der Waals surface area contributed by atoms with Gasteiger partial charge in [0, 0.05) is 18.0 Å². The molecule has 106 valence electrons. The highest BCUT2D eigenvalue weighted by Gasteiger charge is 2.23. The highest BCUT2D eigenvalue weighted by atomic mass is 79.9. The molecule has 4 nitrogen and oxygen atoms in total. The molecule has 20 heavy (non-hydrogen) atoms. The zero-order valence-corrected chi connectivity index (χ0v) is 13.8. The molecule has 2 aromatic rings. The SMILES string of the molecule is O=c1c(Br)c(NCc2ccc(Cl)s2)cnn1CC1CC1. The summed E-state index contributed by atoms with van der Waals surface area (Å²) in [5.74, 6) is 0.624. The lowest BCUT2D eigenvalue weighted by molar-refractivity contribution is 0.532. The van der Waals surface area contributed by atoms with Crippen LogP contribution in [0.3, 0.4) is 0 Å². The fourth-order valence-corrected chi connectivity index (χ4v) is 3.37. The molecule has 0 aliphatic heterocycles.